The van der Waals surface area contributed by atoms with Crippen LogP contribution in [0.1, 0.15) is 46.4 Å². The second-order valence-corrected chi connectivity index (χ2v) is 10.4. The summed E-state index contributed by atoms with van der Waals surface area (Å²) in [4.78, 5) is 32.7. The van der Waals surface area contributed by atoms with Crippen LogP contribution in [0.4, 0.5) is 16.2 Å². The van der Waals surface area contributed by atoms with Crippen LogP contribution in [0.25, 0.3) is 0 Å². The number of hydrogen-bond acceptors (Lipinski definition) is 4. The van der Waals surface area contributed by atoms with Crippen molar-refractivity contribution in [3.63, 3.8) is 0 Å². The van der Waals surface area contributed by atoms with Gasteiger partial charge in [0.25, 0.3) is 5.91 Å². The molecule has 3 aromatic carbocycles. The predicted octanol–water partition coefficient (Wildman–Crippen LogP) is 5.04. The lowest BCUT2D eigenvalue weighted by Gasteiger charge is -2.50. The molecule has 3 aliphatic heterocycles. The molecular weight excluding hydrogens is 464 g/mol. The average molecular weight is 497 g/mol. The molecule has 0 unspecified atom stereocenters. The lowest BCUT2D eigenvalue weighted by Crippen LogP contribution is -2.65. The highest BCUT2D eigenvalue weighted by atomic mass is 16.5. The largest absolute Gasteiger partial charge is 0.467 e. The van der Waals surface area contributed by atoms with Crippen LogP contribution >= 0.6 is 0 Å². The van der Waals surface area contributed by atoms with E-state index in [1.165, 1.54) is 16.8 Å². The Morgan fingerprint density at radius 3 is 2.54 bits per heavy atom. The summed E-state index contributed by atoms with van der Waals surface area (Å²) in [5.41, 5.74) is 5.19. The highest BCUT2D eigenvalue weighted by Gasteiger charge is 2.49. The van der Waals surface area contributed by atoms with E-state index in [2.05, 4.69) is 42.3 Å². The van der Waals surface area contributed by atoms with Crippen molar-refractivity contribution in [3.05, 3.63) is 89.0 Å². The molecule has 7 nitrogen and oxygen atoms in total. The van der Waals surface area contributed by atoms with Gasteiger partial charge in [-0.2, -0.15) is 0 Å². The molecule has 1 N–H and O–H groups in total. The van der Waals surface area contributed by atoms with Crippen molar-refractivity contribution in [2.45, 2.75) is 39.0 Å². The first-order valence-corrected chi connectivity index (χ1v) is 12.9. The number of hydrogen-bond donors (Lipinski definition) is 1. The maximum Gasteiger partial charge on any atom is 0.325 e. The lowest BCUT2D eigenvalue weighted by molar-refractivity contribution is 0.0378. The summed E-state index contributed by atoms with van der Waals surface area (Å²) in [6.07, 6.45) is 0.619. The van der Waals surface area contributed by atoms with Gasteiger partial charge in [0.05, 0.1) is 11.7 Å². The lowest BCUT2D eigenvalue weighted by atomic mass is 9.90. The second kappa shape index (κ2) is 8.83. The minimum Gasteiger partial charge on any atom is -0.467 e. The van der Waals surface area contributed by atoms with Crippen molar-refractivity contribution < 1.29 is 14.3 Å². The third-order valence-corrected chi connectivity index (χ3v) is 8.02. The fraction of sp³-hybridized carbons (Fsp3) is 0.333. The number of nitrogens with one attached hydrogen (secondary N) is 1. The number of ether oxygens (including phenoxy) is 1. The summed E-state index contributed by atoms with van der Waals surface area (Å²) in [5.74, 6) is 0.762. The molecule has 37 heavy (non-hydrogen) atoms. The number of nitrogens with zero attached hydrogens (tertiary/aromatic N) is 3. The van der Waals surface area contributed by atoms with Crippen molar-refractivity contribution in [2.75, 3.05) is 36.0 Å². The van der Waals surface area contributed by atoms with Crippen LogP contribution in [0.2, 0.25) is 0 Å². The van der Waals surface area contributed by atoms with E-state index in [0.29, 0.717) is 30.8 Å². The van der Waals surface area contributed by atoms with E-state index in [0.717, 1.165) is 24.4 Å². The molecule has 0 spiro atoms. The normalized spacial score (nSPS) is 22.7. The number of rotatable bonds is 3. The SMILES string of the molecule is Cc1cccc(N2CCN(C(=O)c3cccc(N4C(=O)N[C@H]5C[C@@]4(C)Oc4ccccc45)c3)CC2)c1C. The topological polar surface area (TPSA) is 65.1 Å². The number of amides is 3. The molecule has 2 atom stereocenters. The smallest absolute Gasteiger partial charge is 0.325 e. The van der Waals surface area contributed by atoms with Crippen molar-refractivity contribution in [1.82, 2.24) is 10.2 Å². The van der Waals surface area contributed by atoms with Gasteiger partial charge in [-0.25, -0.2) is 4.79 Å². The summed E-state index contributed by atoms with van der Waals surface area (Å²) in [6, 6.07) is 21.2. The Balaban J connectivity index is 1.21. The number of piperazine rings is 1. The van der Waals surface area contributed by atoms with Gasteiger partial charge in [-0.3, -0.25) is 9.69 Å². The van der Waals surface area contributed by atoms with Crippen molar-refractivity contribution in [3.8, 4) is 5.75 Å². The first-order valence-electron chi connectivity index (χ1n) is 12.9. The van der Waals surface area contributed by atoms with E-state index in [9.17, 15) is 9.59 Å². The van der Waals surface area contributed by atoms with Gasteiger partial charge in [0.2, 0.25) is 0 Å². The molecule has 7 heteroatoms. The average Bonchev–Trinajstić information content (AvgIpc) is 2.89. The molecule has 0 aromatic heterocycles. The van der Waals surface area contributed by atoms with Gasteiger partial charge in [-0.1, -0.05) is 36.4 Å². The Hall–Kier alpha value is -4.00. The predicted molar refractivity (Wildman–Crippen MR) is 144 cm³/mol. The fourth-order valence-electron chi connectivity index (χ4n) is 5.90. The number of urea groups is 1. The molecular formula is C30H32N4O3. The summed E-state index contributed by atoms with van der Waals surface area (Å²) in [6.45, 7) is 9.11. The Kier molecular flexibility index (Phi) is 5.59. The van der Waals surface area contributed by atoms with E-state index in [4.69, 9.17) is 4.74 Å². The zero-order valence-electron chi connectivity index (χ0n) is 21.5. The Labute approximate surface area is 217 Å². The third-order valence-electron chi connectivity index (χ3n) is 8.02. The molecule has 2 fully saturated rings. The number of fused-ring (bicyclic) bond motifs is 4. The van der Waals surface area contributed by atoms with Gasteiger partial charge < -0.3 is 19.9 Å². The van der Waals surface area contributed by atoms with Gasteiger partial charge in [0.1, 0.15) is 5.75 Å². The number of para-hydroxylation sites is 1. The summed E-state index contributed by atoms with van der Waals surface area (Å²) < 4.78 is 6.38. The van der Waals surface area contributed by atoms with Crippen LogP contribution in [-0.2, 0) is 0 Å². The van der Waals surface area contributed by atoms with Crippen LogP contribution in [-0.4, -0.2) is 48.7 Å². The van der Waals surface area contributed by atoms with Crippen LogP contribution in [0.15, 0.2) is 66.7 Å². The van der Waals surface area contributed by atoms with Gasteiger partial charge in [0.15, 0.2) is 5.72 Å². The molecule has 2 bridgehead atoms. The zero-order valence-corrected chi connectivity index (χ0v) is 21.5. The zero-order chi connectivity index (χ0) is 25.7. The van der Waals surface area contributed by atoms with E-state index in [1.807, 2.05) is 60.4 Å². The number of benzene rings is 3. The minimum atomic E-state index is -0.847. The number of carbonyl (C=O) groups is 2. The van der Waals surface area contributed by atoms with Gasteiger partial charge in [-0.15, -0.1) is 0 Å². The molecule has 3 amide bonds. The standard InChI is InChI=1S/C30H32N4O3/c1-20-8-6-12-26(21(20)2)32-14-16-33(17-15-32)28(35)22-9-7-10-23(18-22)34-29(36)31-25-19-30(34,3)37-27-13-5-4-11-24(25)27/h4-13,18,25H,14-17,19H2,1-3H3,(H,31,36)/t25-,30+/m0/s1. The first kappa shape index (κ1) is 23.4. The highest BCUT2D eigenvalue weighted by Crippen LogP contribution is 2.45. The van der Waals surface area contributed by atoms with Crippen LogP contribution in [0.3, 0.4) is 0 Å². The Bertz CT molecular complexity index is 1380. The van der Waals surface area contributed by atoms with E-state index in [-0.39, 0.29) is 18.0 Å². The first-order chi connectivity index (χ1) is 17.8. The number of aryl methyl sites for hydroxylation is 1. The minimum absolute atomic E-state index is 0.0159. The summed E-state index contributed by atoms with van der Waals surface area (Å²) >= 11 is 0. The molecule has 0 saturated carbocycles. The van der Waals surface area contributed by atoms with Crippen molar-refractivity contribution in [1.29, 1.82) is 0 Å². The maximum atomic E-state index is 13.5. The summed E-state index contributed by atoms with van der Waals surface area (Å²) in [7, 11) is 0. The second-order valence-electron chi connectivity index (χ2n) is 10.4. The van der Waals surface area contributed by atoms with Crippen LogP contribution in [0, 0.1) is 13.8 Å². The Morgan fingerprint density at radius 2 is 1.73 bits per heavy atom. The molecule has 0 aliphatic carbocycles. The monoisotopic (exact) mass is 496 g/mol. The quantitative estimate of drug-likeness (QED) is 0.552. The van der Waals surface area contributed by atoms with E-state index < -0.39 is 5.72 Å². The molecule has 3 aromatic rings. The van der Waals surface area contributed by atoms with Crippen molar-refractivity contribution in [2.24, 2.45) is 0 Å². The third kappa shape index (κ3) is 3.99. The van der Waals surface area contributed by atoms with Crippen molar-refractivity contribution >= 4 is 23.3 Å². The molecule has 190 valence electrons. The highest BCUT2D eigenvalue weighted by molar-refractivity contribution is 5.99. The molecule has 3 heterocycles. The number of anilines is 2. The molecule has 3 aliphatic rings. The fourth-order valence-corrected chi connectivity index (χ4v) is 5.90. The van der Waals surface area contributed by atoms with Gasteiger partial charge >= 0.3 is 6.03 Å². The van der Waals surface area contributed by atoms with E-state index in [1.54, 1.807) is 4.90 Å². The van der Waals surface area contributed by atoms with Gasteiger partial charge in [0, 0.05) is 49.4 Å². The van der Waals surface area contributed by atoms with Gasteiger partial charge in [-0.05, 0) is 62.2 Å². The Morgan fingerprint density at radius 1 is 0.973 bits per heavy atom. The van der Waals surface area contributed by atoms with Crippen LogP contribution < -0.4 is 19.9 Å². The summed E-state index contributed by atoms with van der Waals surface area (Å²) in [5, 5.41) is 3.12. The molecule has 0 radical (unpaired) electrons. The number of carbonyl (C=O) groups excluding carboxylic acids is 2. The molecule has 2 saturated heterocycles. The molecule has 6 rings (SSSR count). The maximum absolute atomic E-state index is 13.5. The van der Waals surface area contributed by atoms with Crippen LogP contribution in [0.5, 0.6) is 5.75 Å². The van der Waals surface area contributed by atoms with E-state index >= 15 is 0 Å².